The number of amidine groups is 1. The van der Waals surface area contributed by atoms with Crippen molar-refractivity contribution in [3.63, 3.8) is 0 Å². The molecular weight excluding hydrogens is 449 g/mol. The first-order valence-electron chi connectivity index (χ1n) is 11.4. The molecule has 0 aromatic heterocycles. The van der Waals surface area contributed by atoms with Gasteiger partial charge >= 0.3 is 6.09 Å². The molecule has 3 aliphatic rings. The van der Waals surface area contributed by atoms with E-state index in [1.54, 1.807) is 4.90 Å². The highest BCUT2D eigenvalue weighted by Crippen LogP contribution is 2.35. The number of carbonyl (C=O) groups excluding carboxylic acids is 1. The maximum Gasteiger partial charge on any atom is 0.412 e. The minimum Gasteiger partial charge on any atom is -0.490 e. The van der Waals surface area contributed by atoms with Gasteiger partial charge in [-0.25, -0.2) is 22.6 Å². The molecule has 1 saturated carbocycles. The number of hydrogen-bond acceptors (Lipinski definition) is 7. The molecule has 1 aliphatic carbocycles. The molecule has 1 atom stereocenters. The summed E-state index contributed by atoms with van der Waals surface area (Å²) in [5, 5.41) is 0. The first-order valence-corrected chi connectivity index (χ1v) is 13.3. The number of sulfone groups is 1. The molecule has 2 fully saturated rings. The van der Waals surface area contributed by atoms with Gasteiger partial charge in [-0.05, 0) is 70.6 Å². The van der Waals surface area contributed by atoms with Gasteiger partial charge in [-0.2, -0.15) is 0 Å². The molecule has 0 bridgehead atoms. The molecule has 2 heterocycles. The monoisotopic (exact) mass is 481 g/mol. The normalized spacial score (nSPS) is 25.2. The topological polar surface area (TPSA) is 88.5 Å². The van der Waals surface area contributed by atoms with Crippen LogP contribution >= 0.6 is 0 Å². The summed E-state index contributed by atoms with van der Waals surface area (Å²) in [5.74, 6) is 0.709. The second-order valence-electron chi connectivity index (χ2n) is 10.1. The summed E-state index contributed by atoms with van der Waals surface area (Å²) in [5.41, 5.74) is -0.525. The lowest BCUT2D eigenvalue weighted by molar-refractivity contribution is 0.0189. The van der Waals surface area contributed by atoms with Crippen LogP contribution in [0.1, 0.15) is 46.5 Å². The third kappa shape index (κ3) is 5.59. The van der Waals surface area contributed by atoms with E-state index in [9.17, 15) is 17.6 Å². The molecule has 0 unspecified atom stereocenters. The number of halogens is 1. The van der Waals surface area contributed by atoms with Crippen molar-refractivity contribution in [3.8, 4) is 5.75 Å². The minimum atomic E-state index is -3.45. The van der Waals surface area contributed by atoms with Crippen LogP contribution in [0.4, 0.5) is 9.18 Å². The zero-order chi connectivity index (χ0) is 24.0. The predicted molar refractivity (Wildman–Crippen MR) is 122 cm³/mol. The van der Waals surface area contributed by atoms with Crippen molar-refractivity contribution < 1.29 is 27.1 Å². The molecule has 1 saturated heterocycles. The van der Waals surface area contributed by atoms with Gasteiger partial charge in [0.05, 0.1) is 11.5 Å². The van der Waals surface area contributed by atoms with Gasteiger partial charge in [0.1, 0.15) is 11.4 Å². The third-order valence-corrected chi connectivity index (χ3v) is 7.39. The maximum absolute atomic E-state index is 14.2. The fourth-order valence-corrected chi connectivity index (χ4v) is 5.15. The summed E-state index contributed by atoms with van der Waals surface area (Å²) < 4.78 is 48.5. The zero-order valence-corrected chi connectivity index (χ0v) is 20.4. The van der Waals surface area contributed by atoms with Crippen molar-refractivity contribution in [2.75, 3.05) is 26.0 Å². The lowest BCUT2D eigenvalue weighted by Crippen LogP contribution is -2.54. The number of piperazine rings is 1. The summed E-state index contributed by atoms with van der Waals surface area (Å²) in [6.45, 7) is 7.32. The molecule has 1 aromatic rings. The van der Waals surface area contributed by atoms with Crippen molar-refractivity contribution in [3.05, 3.63) is 24.0 Å². The van der Waals surface area contributed by atoms with Crippen LogP contribution in [0.2, 0.25) is 0 Å². The molecule has 0 N–H and O–H groups in total. The molecule has 1 amide bonds. The number of ether oxygens (including phenoxy) is 2. The summed E-state index contributed by atoms with van der Waals surface area (Å²) in [4.78, 5) is 20.9. The number of carbonyl (C=O) groups is 1. The quantitative estimate of drug-likeness (QED) is 0.640. The van der Waals surface area contributed by atoms with Gasteiger partial charge in [-0.15, -0.1) is 0 Å². The molecule has 8 nitrogen and oxygen atoms in total. The summed E-state index contributed by atoms with van der Waals surface area (Å²) in [6.07, 6.45) is 4.43. The van der Waals surface area contributed by atoms with Gasteiger partial charge in [0.25, 0.3) is 0 Å². The number of aliphatic imine (C=N–C) groups is 1. The number of hydrogen-bond donors (Lipinski definition) is 0. The Hall–Kier alpha value is -2.36. The Labute approximate surface area is 194 Å². The van der Waals surface area contributed by atoms with Crippen LogP contribution in [0.25, 0.3) is 0 Å². The molecule has 182 valence electrons. The van der Waals surface area contributed by atoms with Crippen LogP contribution in [0.5, 0.6) is 5.75 Å². The highest BCUT2D eigenvalue weighted by molar-refractivity contribution is 7.90. The number of fused-ring (bicyclic) bond motifs is 1. The molecule has 33 heavy (non-hydrogen) atoms. The number of nitrogens with zero attached hydrogens (tertiary/aromatic N) is 3. The summed E-state index contributed by atoms with van der Waals surface area (Å²) in [7, 11) is -3.45. The Morgan fingerprint density at radius 2 is 1.88 bits per heavy atom. The van der Waals surface area contributed by atoms with Gasteiger partial charge in [0.15, 0.2) is 27.6 Å². The molecule has 4 rings (SSSR count). The van der Waals surface area contributed by atoms with E-state index in [1.807, 2.05) is 20.8 Å². The Morgan fingerprint density at radius 3 is 2.48 bits per heavy atom. The largest absolute Gasteiger partial charge is 0.490 e. The van der Waals surface area contributed by atoms with E-state index >= 15 is 0 Å². The average Bonchev–Trinajstić information content (AvgIpc) is 3.51. The Bertz CT molecular complexity index is 1040. The minimum absolute atomic E-state index is 0.0547. The van der Waals surface area contributed by atoms with Crippen molar-refractivity contribution in [1.29, 1.82) is 0 Å². The van der Waals surface area contributed by atoms with Crippen LogP contribution in [0.3, 0.4) is 0 Å². The van der Waals surface area contributed by atoms with Gasteiger partial charge in [-0.3, -0.25) is 4.90 Å². The number of benzene rings is 1. The molecule has 1 aromatic carbocycles. The third-order valence-electron chi connectivity index (χ3n) is 6.28. The van der Waals surface area contributed by atoms with Crippen molar-refractivity contribution in [2.24, 2.45) is 10.9 Å². The van der Waals surface area contributed by atoms with Crippen LogP contribution in [0, 0.1) is 11.7 Å². The molecule has 10 heteroatoms. The van der Waals surface area contributed by atoms with Crippen LogP contribution in [-0.2, 0) is 14.6 Å². The Balaban J connectivity index is 1.24. The fraction of sp³-hybridized carbons (Fsp3) is 0.652. The van der Waals surface area contributed by atoms with E-state index in [0.29, 0.717) is 25.1 Å². The van der Waals surface area contributed by atoms with Gasteiger partial charge in [0, 0.05) is 25.4 Å². The van der Waals surface area contributed by atoms with E-state index in [4.69, 9.17) is 9.47 Å². The zero-order valence-electron chi connectivity index (χ0n) is 19.6. The summed E-state index contributed by atoms with van der Waals surface area (Å²) in [6, 6.07) is 4.14. The van der Waals surface area contributed by atoms with Gasteiger partial charge < -0.3 is 14.4 Å². The molecule has 0 spiro atoms. The van der Waals surface area contributed by atoms with Gasteiger partial charge in [0.2, 0.25) is 0 Å². The van der Waals surface area contributed by atoms with Gasteiger partial charge in [-0.1, -0.05) is 0 Å². The number of rotatable bonds is 5. The molecule has 2 aliphatic heterocycles. The van der Waals surface area contributed by atoms with Crippen molar-refractivity contribution in [2.45, 2.75) is 69.2 Å². The first-order chi connectivity index (χ1) is 15.4. The Kier molecular flexibility index (Phi) is 6.32. The number of amides is 1. The van der Waals surface area contributed by atoms with Crippen LogP contribution in [0.15, 0.2) is 28.1 Å². The SMILES string of the molecule is CC(C)(C)OC(=O)N1CCN(C2CCC(COc3ccc(S(C)(=O)=O)cc3F)CC2)C2=N[C@H]21. The van der Waals surface area contributed by atoms with Crippen molar-refractivity contribution >= 4 is 21.8 Å². The van der Waals surface area contributed by atoms with E-state index in [-0.39, 0.29) is 22.9 Å². The highest BCUT2D eigenvalue weighted by atomic mass is 32.2. The lowest BCUT2D eigenvalue weighted by atomic mass is 9.85. The fourth-order valence-electron chi connectivity index (χ4n) is 4.51. The van der Waals surface area contributed by atoms with Crippen molar-refractivity contribution in [1.82, 2.24) is 9.80 Å². The van der Waals surface area contributed by atoms with E-state index < -0.39 is 21.3 Å². The standard InChI is InChI=1S/C23H32FN3O5S/c1-23(2,3)32-22(28)27-12-11-26(20-21(27)25-20)16-7-5-15(6-8-16)14-31-19-10-9-17(13-18(19)24)33(4,29)30/h9-10,13,15-16,21H,5-8,11-12,14H2,1-4H3/t15?,16?,21-/m0/s1. The second kappa shape index (κ2) is 8.77. The second-order valence-corrected chi connectivity index (χ2v) is 12.1. The lowest BCUT2D eigenvalue weighted by Gasteiger charge is -2.40. The smallest absolute Gasteiger partial charge is 0.412 e. The van der Waals surface area contributed by atoms with Crippen LogP contribution < -0.4 is 4.74 Å². The Morgan fingerprint density at radius 1 is 1.18 bits per heavy atom. The van der Waals surface area contributed by atoms with E-state index in [1.165, 1.54) is 12.1 Å². The highest BCUT2D eigenvalue weighted by Gasteiger charge is 2.47. The van der Waals surface area contributed by atoms with E-state index in [0.717, 1.165) is 50.4 Å². The predicted octanol–water partition coefficient (Wildman–Crippen LogP) is 3.46. The summed E-state index contributed by atoms with van der Waals surface area (Å²) >= 11 is 0. The van der Waals surface area contributed by atoms with E-state index in [2.05, 4.69) is 9.89 Å². The molecular formula is C23H32FN3O5S. The maximum atomic E-state index is 14.2. The average molecular weight is 482 g/mol. The molecule has 0 radical (unpaired) electrons. The first kappa shape index (κ1) is 23.8. The van der Waals surface area contributed by atoms with Crippen LogP contribution in [-0.4, -0.2) is 73.9 Å².